The molecule has 0 aromatic heterocycles. The summed E-state index contributed by atoms with van der Waals surface area (Å²) in [6.45, 7) is 5.81. The number of nitrogens with one attached hydrogen (secondary N) is 2. The number of hydrogen-bond donors (Lipinski definition) is 2. The molecule has 0 aliphatic carbocycles. The molecule has 2 saturated heterocycles. The number of hydrogen-bond acceptors (Lipinski definition) is 4. The first-order valence-corrected chi connectivity index (χ1v) is 10.8. The number of rotatable bonds is 5. The van der Waals surface area contributed by atoms with Crippen molar-refractivity contribution in [3.8, 4) is 0 Å². The van der Waals surface area contributed by atoms with Crippen molar-refractivity contribution in [1.82, 2.24) is 19.8 Å². The van der Waals surface area contributed by atoms with E-state index in [4.69, 9.17) is 0 Å². The maximum absolute atomic E-state index is 12.6. The molecule has 0 aromatic carbocycles. The number of alkyl halides is 3. The van der Waals surface area contributed by atoms with E-state index in [-0.39, 0.29) is 43.1 Å². The lowest BCUT2D eigenvalue weighted by molar-refractivity contribution is -0.0494. The number of piperidine rings is 2. The van der Waals surface area contributed by atoms with Gasteiger partial charge in [-0.25, -0.2) is 8.42 Å². The third-order valence-corrected chi connectivity index (χ3v) is 6.88. The minimum Gasteiger partial charge on any atom is -0.355 e. The van der Waals surface area contributed by atoms with Crippen LogP contribution in [0, 0.1) is 5.92 Å². The van der Waals surface area contributed by atoms with E-state index in [0.717, 1.165) is 32.1 Å². The monoisotopic (exact) mass is 541 g/mol. The quantitative estimate of drug-likeness (QED) is 0.316. The van der Waals surface area contributed by atoms with Crippen LogP contribution in [0.5, 0.6) is 0 Å². The van der Waals surface area contributed by atoms with Gasteiger partial charge in [0.2, 0.25) is 0 Å². The summed E-state index contributed by atoms with van der Waals surface area (Å²) in [5.41, 5.74) is -5.24. The smallest absolute Gasteiger partial charge is 0.355 e. The summed E-state index contributed by atoms with van der Waals surface area (Å²) in [6.07, 6.45) is 3.04. The van der Waals surface area contributed by atoms with Gasteiger partial charge in [-0.1, -0.05) is 6.92 Å². The average Bonchev–Trinajstić information content (AvgIpc) is 2.62. The first-order valence-electron chi connectivity index (χ1n) is 9.39. The van der Waals surface area contributed by atoms with Crippen molar-refractivity contribution < 1.29 is 21.6 Å². The largest absolute Gasteiger partial charge is 0.511 e. The fraction of sp³-hybridized carbons (Fsp3) is 0.938. The van der Waals surface area contributed by atoms with Crippen LogP contribution in [0.4, 0.5) is 13.2 Å². The highest BCUT2D eigenvalue weighted by atomic mass is 127. The minimum absolute atomic E-state index is 0. The van der Waals surface area contributed by atoms with Crippen LogP contribution in [-0.4, -0.2) is 81.4 Å². The Bertz CT molecular complexity index is 602. The molecule has 0 bridgehead atoms. The highest BCUT2D eigenvalue weighted by Crippen LogP contribution is 2.28. The van der Waals surface area contributed by atoms with Gasteiger partial charge in [-0.05, 0) is 44.7 Å². The van der Waals surface area contributed by atoms with E-state index in [9.17, 15) is 21.6 Å². The summed E-state index contributed by atoms with van der Waals surface area (Å²) in [6, 6.07) is -0.105. The molecule has 2 aliphatic rings. The topological polar surface area (TPSA) is 77.0 Å². The summed E-state index contributed by atoms with van der Waals surface area (Å²) in [7, 11) is -3.59. The van der Waals surface area contributed by atoms with Crippen molar-refractivity contribution >= 4 is 40.0 Å². The molecule has 2 rings (SSSR count). The molecule has 0 unspecified atom stereocenters. The average molecular weight is 541 g/mol. The summed E-state index contributed by atoms with van der Waals surface area (Å²) in [5.74, 6) is 1.38. The number of halogens is 4. The van der Waals surface area contributed by atoms with E-state index in [1.165, 1.54) is 12.8 Å². The molecule has 166 valence electrons. The van der Waals surface area contributed by atoms with Crippen molar-refractivity contribution in [2.45, 2.75) is 44.2 Å². The third-order valence-electron chi connectivity index (χ3n) is 5.25. The van der Waals surface area contributed by atoms with Crippen LogP contribution in [-0.2, 0) is 10.0 Å². The van der Waals surface area contributed by atoms with Crippen molar-refractivity contribution in [2.75, 3.05) is 46.3 Å². The first-order chi connectivity index (χ1) is 12.6. The van der Waals surface area contributed by atoms with Gasteiger partial charge in [0.15, 0.2) is 5.96 Å². The van der Waals surface area contributed by atoms with Crippen LogP contribution in [0.1, 0.15) is 32.6 Å². The Balaban J connectivity index is 0.00000392. The van der Waals surface area contributed by atoms with E-state index in [2.05, 4.69) is 27.4 Å². The van der Waals surface area contributed by atoms with Crippen LogP contribution in [0.25, 0.3) is 0 Å². The number of guanidine groups is 1. The van der Waals surface area contributed by atoms with Crippen LogP contribution in [0.2, 0.25) is 0 Å². The van der Waals surface area contributed by atoms with Gasteiger partial charge in [-0.15, -0.1) is 24.0 Å². The van der Waals surface area contributed by atoms with Crippen LogP contribution < -0.4 is 10.6 Å². The zero-order valence-electron chi connectivity index (χ0n) is 16.3. The van der Waals surface area contributed by atoms with Gasteiger partial charge in [-0.2, -0.15) is 17.5 Å². The molecule has 0 spiro atoms. The molecular weight excluding hydrogens is 510 g/mol. The second-order valence-electron chi connectivity index (χ2n) is 7.29. The lowest BCUT2D eigenvalue weighted by atomic mass is 9.99. The number of likely N-dealkylation sites (tertiary alicyclic amines) is 1. The van der Waals surface area contributed by atoms with Crippen molar-refractivity contribution in [2.24, 2.45) is 10.9 Å². The Hall–Kier alpha value is -0.340. The predicted molar refractivity (Wildman–Crippen MR) is 114 cm³/mol. The van der Waals surface area contributed by atoms with E-state index in [1.807, 2.05) is 0 Å². The molecule has 12 heteroatoms. The molecule has 2 fully saturated rings. The molecule has 2 heterocycles. The van der Waals surface area contributed by atoms with Crippen LogP contribution in [0.15, 0.2) is 4.99 Å². The summed E-state index contributed by atoms with van der Waals surface area (Å²) in [5, 5.41) is 6.41. The molecule has 0 atom stereocenters. The lowest BCUT2D eigenvalue weighted by Crippen LogP contribution is -2.52. The van der Waals surface area contributed by atoms with Gasteiger partial charge in [0.1, 0.15) is 0 Å². The fourth-order valence-corrected chi connectivity index (χ4v) is 4.38. The van der Waals surface area contributed by atoms with Gasteiger partial charge < -0.3 is 15.5 Å². The molecular formula is C16H31F3IN5O2S. The van der Waals surface area contributed by atoms with E-state index in [0.29, 0.717) is 23.1 Å². The Morgan fingerprint density at radius 1 is 1.11 bits per heavy atom. The molecule has 28 heavy (non-hydrogen) atoms. The number of nitrogens with zero attached hydrogens (tertiary/aromatic N) is 3. The molecule has 0 saturated carbocycles. The maximum Gasteiger partial charge on any atom is 0.511 e. The van der Waals surface area contributed by atoms with Crippen molar-refractivity contribution in [3.05, 3.63) is 0 Å². The minimum atomic E-state index is -5.24. The number of aliphatic imine (C=N–C) groups is 1. The van der Waals surface area contributed by atoms with Gasteiger partial charge in [0, 0.05) is 39.3 Å². The van der Waals surface area contributed by atoms with E-state index >= 15 is 0 Å². The van der Waals surface area contributed by atoms with Gasteiger partial charge >= 0.3 is 15.5 Å². The normalized spacial score (nSPS) is 22.0. The highest BCUT2D eigenvalue weighted by molar-refractivity contribution is 14.0. The SMILES string of the molecule is CN=C(NCCN1CCC(C)CC1)NC1CCN(S(=O)(=O)C(F)(F)F)CC1.I. The van der Waals surface area contributed by atoms with Gasteiger partial charge in [-0.3, -0.25) is 4.99 Å². The van der Waals surface area contributed by atoms with Crippen LogP contribution in [0.3, 0.4) is 0 Å². The Labute approximate surface area is 182 Å². The first kappa shape index (κ1) is 25.7. The van der Waals surface area contributed by atoms with Gasteiger partial charge in [0.05, 0.1) is 0 Å². The summed E-state index contributed by atoms with van der Waals surface area (Å²) >= 11 is 0. The second kappa shape index (κ2) is 11.2. The number of sulfonamides is 1. The third kappa shape index (κ3) is 7.17. The van der Waals surface area contributed by atoms with E-state index in [1.54, 1.807) is 7.05 Å². The Morgan fingerprint density at radius 2 is 1.68 bits per heavy atom. The predicted octanol–water partition coefficient (Wildman–Crippen LogP) is 1.82. The Morgan fingerprint density at radius 3 is 2.18 bits per heavy atom. The molecule has 2 N–H and O–H groups in total. The van der Waals surface area contributed by atoms with E-state index < -0.39 is 15.5 Å². The molecule has 7 nitrogen and oxygen atoms in total. The molecule has 0 radical (unpaired) electrons. The second-order valence-corrected chi connectivity index (χ2v) is 9.22. The summed E-state index contributed by atoms with van der Waals surface area (Å²) < 4.78 is 61.2. The molecule has 0 aromatic rings. The van der Waals surface area contributed by atoms with Gasteiger partial charge in [0.25, 0.3) is 0 Å². The standard InChI is InChI=1S/C16H30F3N5O2S.HI/c1-13-3-8-23(9-4-13)12-7-21-15(20-2)22-14-5-10-24(11-6-14)27(25,26)16(17,18)19;/h13-14H,3-12H2,1-2H3,(H2,20,21,22);1H. The fourth-order valence-electron chi connectivity index (χ4n) is 3.39. The molecule has 0 amide bonds. The van der Waals surface area contributed by atoms with Crippen molar-refractivity contribution in [1.29, 1.82) is 0 Å². The zero-order chi connectivity index (χ0) is 20.1. The lowest BCUT2D eigenvalue weighted by Gasteiger charge is -2.33. The zero-order valence-corrected chi connectivity index (χ0v) is 19.5. The summed E-state index contributed by atoms with van der Waals surface area (Å²) in [4.78, 5) is 6.55. The maximum atomic E-state index is 12.6. The Kier molecular flexibility index (Phi) is 10.2. The van der Waals surface area contributed by atoms with Crippen LogP contribution >= 0.6 is 24.0 Å². The van der Waals surface area contributed by atoms with Crippen molar-refractivity contribution in [3.63, 3.8) is 0 Å². The molecule has 2 aliphatic heterocycles. The highest BCUT2D eigenvalue weighted by Gasteiger charge is 2.50.